The Morgan fingerprint density at radius 3 is 3.00 bits per heavy atom. The van der Waals surface area contributed by atoms with E-state index >= 15 is 0 Å². The van der Waals surface area contributed by atoms with Crippen LogP contribution in [-0.4, -0.2) is 37.7 Å². The molecule has 1 atom stereocenters. The van der Waals surface area contributed by atoms with Crippen molar-refractivity contribution in [3.63, 3.8) is 0 Å². The molecular weight excluding hydrogens is 426 g/mol. The zero-order chi connectivity index (χ0) is 23.5. The van der Waals surface area contributed by atoms with Gasteiger partial charge in [0.2, 0.25) is 0 Å². The topological polar surface area (TPSA) is 97.0 Å². The third kappa shape index (κ3) is 4.66. The molecule has 0 aliphatic heterocycles. The molecule has 1 amide bonds. The van der Waals surface area contributed by atoms with Crippen LogP contribution in [0.4, 0.5) is 0 Å². The molecule has 2 aromatic heterocycles. The number of carbonyl (C=O) groups excluding carboxylic acids is 1. The van der Waals surface area contributed by atoms with Crippen LogP contribution >= 0.6 is 0 Å². The van der Waals surface area contributed by atoms with Gasteiger partial charge in [-0.15, -0.1) is 0 Å². The summed E-state index contributed by atoms with van der Waals surface area (Å²) < 4.78 is 0. The second kappa shape index (κ2) is 9.67. The molecule has 1 aliphatic carbocycles. The number of H-pyrrole nitrogens is 2. The van der Waals surface area contributed by atoms with Crippen molar-refractivity contribution in [3.8, 4) is 0 Å². The number of carbonyl (C=O) groups is 1. The van der Waals surface area contributed by atoms with Crippen LogP contribution in [0.5, 0.6) is 0 Å². The van der Waals surface area contributed by atoms with Crippen molar-refractivity contribution in [2.45, 2.75) is 38.8 Å². The number of aryl methyl sites for hydroxylation is 2. The third-order valence-electron chi connectivity index (χ3n) is 6.72. The first-order chi connectivity index (χ1) is 16.6. The molecule has 4 N–H and O–H groups in total. The van der Waals surface area contributed by atoms with E-state index in [1.165, 1.54) is 44.8 Å². The normalized spacial score (nSPS) is 15.4. The fourth-order valence-electron chi connectivity index (χ4n) is 5.02. The summed E-state index contributed by atoms with van der Waals surface area (Å²) in [5.74, 6) is -0.530. The zero-order valence-corrected chi connectivity index (χ0v) is 19.2. The minimum absolute atomic E-state index is 0.330. The van der Waals surface area contributed by atoms with Gasteiger partial charge in [-0.05, 0) is 66.1 Å². The highest BCUT2D eigenvalue weighted by Crippen LogP contribution is 2.37. The van der Waals surface area contributed by atoms with Gasteiger partial charge in [0.1, 0.15) is 0 Å². The second-order valence-electron chi connectivity index (χ2n) is 9.01. The molecule has 2 aromatic carbocycles. The maximum absolute atomic E-state index is 11.3. The highest BCUT2D eigenvalue weighted by atomic mass is 16.5. The summed E-state index contributed by atoms with van der Waals surface area (Å²) in [5.41, 5.74) is 10.2. The quantitative estimate of drug-likeness (QED) is 0.179. The van der Waals surface area contributed by atoms with Crippen molar-refractivity contribution in [2.75, 3.05) is 6.54 Å². The Morgan fingerprint density at radius 1 is 1.26 bits per heavy atom. The molecule has 7 nitrogen and oxygen atoms in total. The Labute approximate surface area is 198 Å². The molecule has 0 saturated carbocycles. The lowest BCUT2D eigenvalue weighted by atomic mass is 10.0. The monoisotopic (exact) mass is 455 g/mol. The number of hydrogen-bond donors (Lipinski definition) is 4. The van der Waals surface area contributed by atoms with Gasteiger partial charge < -0.3 is 4.98 Å². The summed E-state index contributed by atoms with van der Waals surface area (Å²) in [7, 11) is 0. The second-order valence-corrected chi connectivity index (χ2v) is 9.01. The molecule has 2 heterocycles. The van der Waals surface area contributed by atoms with Crippen molar-refractivity contribution in [1.29, 1.82) is 0 Å². The van der Waals surface area contributed by atoms with E-state index in [-0.39, 0.29) is 0 Å². The number of nitrogens with zero attached hydrogens (tertiary/aromatic N) is 2. The van der Waals surface area contributed by atoms with Gasteiger partial charge in [0.25, 0.3) is 5.91 Å². The van der Waals surface area contributed by atoms with E-state index in [9.17, 15) is 4.79 Å². The third-order valence-corrected chi connectivity index (χ3v) is 6.72. The van der Waals surface area contributed by atoms with Gasteiger partial charge in [-0.3, -0.25) is 20.0 Å². The van der Waals surface area contributed by atoms with Gasteiger partial charge in [0.05, 0.1) is 6.20 Å². The molecule has 34 heavy (non-hydrogen) atoms. The molecule has 5 rings (SSSR count). The molecule has 7 heteroatoms. The van der Waals surface area contributed by atoms with Crippen molar-refractivity contribution >= 4 is 22.9 Å². The van der Waals surface area contributed by atoms with Crippen LogP contribution in [0.25, 0.3) is 17.0 Å². The lowest BCUT2D eigenvalue weighted by Crippen LogP contribution is -2.29. The van der Waals surface area contributed by atoms with Gasteiger partial charge >= 0.3 is 0 Å². The van der Waals surface area contributed by atoms with Crippen LogP contribution in [0, 0.1) is 6.92 Å². The van der Waals surface area contributed by atoms with Gasteiger partial charge in [0, 0.05) is 54.1 Å². The maximum atomic E-state index is 11.3. The summed E-state index contributed by atoms with van der Waals surface area (Å²) in [6.45, 7) is 3.89. The number of benzene rings is 2. The Kier molecular flexibility index (Phi) is 6.29. The van der Waals surface area contributed by atoms with Crippen molar-refractivity contribution in [1.82, 2.24) is 25.6 Å². The molecule has 174 valence electrons. The molecule has 0 spiro atoms. The van der Waals surface area contributed by atoms with Crippen molar-refractivity contribution in [2.24, 2.45) is 0 Å². The predicted octanol–water partition coefficient (Wildman–Crippen LogP) is 4.45. The Bertz CT molecular complexity index is 1320. The van der Waals surface area contributed by atoms with E-state index in [2.05, 4.69) is 63.5 Å². The van der Waals surface area contributed by atoms with E-state index in [0.717, 1.165) is 37.9 Å². The first kappa shape index (κ1) is 22.1. The lowest BCUT2D eigenvalue weighted by Gasteiger charge is -2.29. The molecule has 1 aliphatic rings. The summed E-state index contributed by atoms with van der Waals surface area (Å²) >= 11 is 0. The van der Waals surface area contributed by atoms with Gasteiger partial charge in [-0.1, -0.05) is 30.3 Å². The number of aromatic amines is 2. The highest BCUT2D eigenvalue weighted by molar-refractivity contribution is 5.90. The van der Waals surface area contributed by atoms with Gasteiger partial charge in [-0.2, -0.15) is 5.10 Å². The van der Waals surface area contributed by atoms with Gasteiger partial charge in [-0.25, -0.2) is 5.48 Å². The summed E-state index contributed by atoms with van der Waals surface area (Å²) in [5, 5.41) is 17.1. The van der Waals surface area contributed by atoms with E-state index < -0.39 is 5.91 Å². The zero-order valence-electron chi connectivity index (χ0n) is 19.2. The maximum Gasteiger partial charge on any atom is 0.267 e. The summed E-state index contributed by atoms with van der Waals surface area (Å²) in [6, 6.07) is 13.3. The number of hydroxylamine groups is 1. The number of fused-ring (bicyclic) bond motifs is 2. The van der Waals surface area contributed by atoms with Gasteiger partial charge in [0.15, 0.2) is 0 Å². The predicted molar refractivity (Wildman–Crippen MR) is 132 cm³/mol. The summed E-state index contributed by atoms with van der Waals surface area (Å²) in [6.07, 6.45) is 12.1. The van der Waals surface area contributed by atoms with Crippen LogP contribution < -0.4 is 5.48 Å². The first-order valence-electron chi connectivity index (χ1n) is 11.6. The average Bonchev–Trinajstić information content (AvgIpc) is 3.59. The first-order valence-corrected chi connectivity index (χ1v) is 11.6. The lowest BCUT2D eigenvalue weighted by molar-refractivity contribution is -0.124. The highest BCUT2D eigenvalue weighted by Gasteiger charge is 2.28. The molecule has 1 unspecified atom stereocenters. The largest absolute Gasteiger partial charge is 0.361 e. The molecule has 0 saturated heterocycles. The van der Waals surface area contributed by atoms with Crippen LogP contribution in [0.15, 0.2) is 61.1 Å². The SMILES string of the molecule is Cc1ccc2c(CCN(Cc3cn[nH]c3)C3CCc4cc(/C=C/C(=O)NO)ccc43)c[nH]c2c1. The average molecular weight is 456 g/mol. The van der Waals surface area contributed by atoms with E-state index in [1.54, 1.807) is 11.6 Å². The Balaban J connectivity index is 1.37. The molecule has 0 fully saturated rings. The van der Waals surface area contributed by atoms with Crippen LogP contribution in [-0.2, 0) is 24.2 Å². The molecule has 0 radical (unpaired) electrons. The Morgan fingerprint density at radius 2 is 2.18 bits per heavy atom. The number of hydrogen-bond acceptors (Lipinski definition) is 4. The van der Waals surface area contributed by atoms with Crippen molar-refractivity contribution in [3.05, 3.63) is 94.4 Å². The summed E-state index contributed by atoms with van der Waals surface area (Å²) in [4.78, 5) is 17.3. The smallest absolute Gasteiger partial charge is 0.267 e. The van der Waals surface area contributed by atoms with Crippen LogP contribution in [0.1, 0.15) is 45.8 Å². The minimum Gasteiger partial charge on any atom is -0.361 e. The number of rotatable bonds is 8. The molecular formula is C27H29N5O2. The van der Waals surface area contributed by atoms with E-state index in [0.29, 0.717) is 6.04 Å². The number of nitrogens with one attached hydrogen (secondary N) is 3. The fourth-order valence-corrected chi connectivity index (χ4v) is 5.02. The minimum atomic E-state index is -0.530. The molecule has 4 aromatic rings. The standard InChI is InChI=1S/C27H29N5O2/c1-18-2-6-23-22(16-28-25(23)12-18)10-11-32(17-20-14-29-30-15-20)26-8-5-21-13-19(3-7-24(21)26)4-9-27(33)31-34/h2-4,6-7,9,12-16,26,28,34H,5,8,10-11,17H2,1H3,(H,29,30)(H,31,33)/b9-4+. The van der Waals surface area contributed by atoms with E-state index in [1.807, 2.05) is 18.5 Å². The fraction of sp³-hybridized carbons (Fsp3) is 0.259. The molecule has 0 bridgehead atoms. The number of amides is 1. The van der Waals surface area contributed by atoms with Crippen LogP contribution in [0.3, 0.4) is 0 Å². The Hall–Kier alpha value is -3.68. The number of aromatic nitrogens is 3. The van der Waals surface area contributed by atoms with E-state index in [4.69, 9.17) is 5.21 Å². The van der Waals surface area contributed by atoms with Crippen LogP contribution in [0.2, 0.25) is 0 Å². The van der Waals surface area contributed by atoms with Crippen molar-refractivity contribution < 1.29 is 10.0 Å².